The van der Waals surface area contributed by atoms with Crippen molar-refractivity contribution in [3.05, 3.63) is 59.1 Å². The van der Waals surface area contributed by atoms with Gasteiger partial charge in [0.1, 0.15) is 0 Å². The van der Waals surface area contributed by atoms with E-state index in [-0.39, 0.29) is 6.54 Å². The second kappa shape index (κ2) is 6.76. The van der Waals surface area contributed by atoms with Crippen molar-refractivity contribution < 1.29 is 9.59 Å². The van der Waals surface area contributed by atoms with E-state index >= 15 is 0 Å². The molecule has 0 aliphatic heterocycles. The van der Waals surface area contributed by atoms with Crippen LogP contribution < -0.4 is 10.6 Å². The van der Waals surface area contributed by atoms with Gasteiger partial charge in [-0.15, -0.1) is 0 Å². The van der Waals surface area contributed by atoms with Crippen molar-refractivity contribution in [1.29, 1.82) is 0 Å². The van der Waals surface area contributed by atoms with Crippen LogP contribution in [-0.4, -0.2) is 16.8 Å². The maximum Gasteiger partial charge on any atom is 0.315 e. The molecule has 0 atom stereocenters. The summed E-state index contributed by atoms with van der Waals surface area (Å²) in [7, 11) is 0. The number of hydrogen-bond acceptors (Lipinski definition) is 4. The van der Waals surface area contributed by atoms with Crippen molar-refractivity contribution in [1.82, 2.24) is 10.3 Å². The molecule has 0 aliphatic rings. The Morgan fingerprint density at radius 1 is 1.04 bits per heavy atom. The molecule has 7 heteroatoms. The quantitative estimate of drug-likeness (QED) is 0.716. The zero-order chi connectivity index (χ0) is 16.2. The number of rotatable bonds is 3. The van der Waals surface area contributed by atoms with E-state index in [9.17, 15) is 9.59 Å². The van der Waals surface area contributed by atoms with E-state index in [0.717, 1.165) is 15.8 Å². The number of nitrogens with one attached hydrogen (secondary N) is 2. The van der Waals surface area contributed by atoms with Crippen LogP contribution in [0.5, 0.6) is 0 Å². The molecule has 0 radical (unpaired) electrons. The van der Waals surface area contributed by atoms with Crippen molar-refractivity contribution >= 4 is 50.1 Å². The molecule has 23 heavy (non-hydrogen) atoms. The second-order valence-corrected chi connectivity index (χ2v) is 6.15. The van der Waals surface area contributed by atoms with Crippen LogP contribution in [0.4, 0.5) is 5.13 Å². The van der Waals surface area contributed by atoms with Gasteiger partial charge in [-0.25, -0.2) is 4.98 Å². The fraction of sp³-hybridized carbons (Fsp3) is 0.0625. The number of amides is 2. The zero-order valence-corrected chi connectivity index (χ0v) is 13.4. The topological polar surface area (TPSA) is 71.1 Å². The summed E-state index contributed by atoms with van der Waals surface area (Å²) in [6, 6.07) is 14.6. The molecule has 1 heterocycles. The molecule has 0 spiro atoms. The minimum atomic E-state index is -0.754. The molecule has 2 N–H and O–H groups in total. The molecular formula is C16H12ClN3O2S. The molecule has 2 amide bonds. The second-order valence-electron chi connectivity index (χ2n) is 4.71. The average Bonchev–Trinajstić information content (AvgIpc) is 2.96. The Morgan fingerprint density at radius 3 is 2.57 bits per heavy atom. The third-order valence-electron chi connectivity index (χ3n) is 3.12. The first-order valence-corrected chi connectivity index (χ1v) is 8.01. The summed E-state index contributed by atoms with van der Waals surface area (Å²) >= 11 is 7.32. The van der Waals surface area contributed by atoms with E-state index < -0.39 is 11.8 Å². The number of fused-ring (bicyclic) bond motifs is 1. The lowest BCUT2D eigenvalue weighted by Gasteiger charge is -2.06. The van der Waals surface area contributed by atoms with E-state index in [1.807, 2.05) is 30.3 Å². The van der Waals surface area contributed by atoms with Crippen LogP contribution in [0.2, 0.25) is 5.02 Å². The molecule has 0 fully saturated rings. The normalized spacial score (nSPS) is 10.5. The maximum atomic E-state index is 11.9. The fourth-order valence-corrected chi connectivity index (χ4v) is 3.04. The fourth-order valence-electron chi connectivity index (χ4n) is 1.98. The largest absolute Gasteiger partial charge is 0.344 e. The molecule has 0 saturated heterocycles. The Morgan fingerprint density at radius 2 is 1.78 bits per heavy atom. The molecule has 5 nitrogen and oxygen atoms in total. The number of halogens is 1. The molecular weight excluding hydrogens is 334 g/mol. The molecule has 116 valence electrons. The maximum absolute atomic E-state index is 11.9. The number of para-hydroxylation sites is 1. The number of benzene rings is 2. The van der Waals surface area contributed by atoms with Gasteiger partial charge < -0.3 is 5.32 Å². The Bertz CT molecular complexity index is 845. The van der Waals surface area contributed by atoms with E-state index in [2.05, 4.69) is 15.6 Å². The third kappa shape index (κ3) is 3.67. The van der Waals surface area contributed by atoms with Crippen LogP contribution in [0.25, 0.3) is 10.2 Å². The number of aromatic nitrogens is 1. The first-order valence-electron chi connectivity index (χ1n) is 6.81. The number of carbonyl (C=O) groups excluding carboxylic acids is 2. The molecule has 0 bridgehead atoms. The molecule has 3 aromatic rings. The van der Waals surface area contributed by atoms with Gasteiger partial charge in [0.05, 0.1) is 10.2 Å². The SMILES string of the molecule is O=C(NCc1ccccc1Cl)C(=O)Nc1nc2ccccc2s1. The molecule has 2 aromatic carbocycles. The van der Waals surface area contributed by atoms with E-state index in [1.54, 1.807) is 18.2 Å². The van der Waals surface area contributed by atoms with Gasteiger partial charge in [0, 0.05) is 11.6 Å². The van der Waals surface area contributed by atoms with Gasteiger partial charge in [0.25, 0.3) is 0 Å². The lowest BCUT2D eigenvalue weighted by Crippen LogP contribution is -2.34. The summed E-state index contributed by atoms with van der Waals surface area (Å²) in [6.45, 7) is 0.186. The molecule has 0 unspecified atom stereocenters. The van der Waals surface area contributed by atoms with Gasteiger partial charge in [0.15, 0.2) is 5.13 Å². The van der Waals surface area contributed by atoms with Crippen molar-refractivity contribution in [2.24, 2.45) is 0 Å². The highest BCUT2D eigenvalue weighted by Crippen LogP contribution is 2.25. The number of nitrogens with zero attached hydrogens (tertiary/aromatic N) is 1. The third-order valence-corrected chi connectivity index (χ3v) is 4.44. The van der Waals surface area contributed by atoms with Crippen LogP contribution in [-0.2, 0) is 16.1 Å². The Kier molecular flexibility index (Phi) is 4.55. The van der Waals surface area contributed by atoms with Crippen LogP contribution in [0, 0.1) is 0 Å². The predicted octanol–water partition coefficient (Wildman–Crippen LogP) is 3.20. The van der Waals surface area contributed by atoms with Crippen molar-refractivity contribution in [3.63, 3.8) is 0 Å². The van der Waals surface area contributed by atoms with Crippen molar-refractivity contribution in [2.75, 3.05) is 5.32 Å². The number of hydrogen-bond donors (Lipinski definition) is 2. The van der Waals surface area contributed by atoms with Crippen LogP contribution >= 0.6 is 22.9 Å². The standard InChI is InChI=1S/C16H12ClN3O2S/c17-11-6-2-1-5-10(11)9-18-14(21)15(22)20-16-19-12-7-3-4-8-13(12)23-16/h1-8H,9H2,(H,18,21)(H,19,20,22). The summed E-state index contributed by atoms with van der Waals surface area (Å²) in [5.41, 5.74) is 1.53. The summed E-state index contributed by atoms with van der Waals surface area (Å²) < 4.78 is 0.944. The van der Waals surface area contributed by atoms with E-state index in [0.29, 0.717) is 10.2 Å². The number of thiazole rings is 1. The highest BCUT2D eigenvalue weighted by Gasteiger charge is 2.15. The average molecular weight is 346 g/mol. The minimum absolute atomic E-state index is 0.186. The van der Waals surface area contributed by atoms with Crippen LogP contribution in [0.1, 0.15) is 5.56 Å². The monoisotopic (exact) mass is 345 g/mol. The molecule has 1 aromatic heterocycles. The molecule has 0 saturated carbocycles. The number of anilines is 1. The first-order chi connectivity index (χ1) is 11.1. The van der Waals surface area contributed by atoms with Gasteiger partial charge >= 0.3 is 11.8 Å². The van der Waals surface area contributed by atoms with Crippen molar-refractivity contribution in [3.8, 4) is 0 Å². The lowest BCUT2D eigenvalue weighted by molar-refractivity contribution is -0.136. The Hall–Kier alpha value is -2.44. The lowest BCUT2D eigenvalue weighted by atomic mass is 10.2. The van der Waals surface area contributed by atoms with E-state index in [1.165, 1.54) is 11.3 Å². The van der Waals surface area contributed by atoms with Crippen LogP contribution in [0.15, 0.2) is 48.5 Å². The Labute approximate surface area is 141 Å². The van der Waals surface area contributed by atoms with Gasteiger partial charge in [-0.2, -0.15) is 0 Å². The predicted molar refractivity (Wildman–Crippen MR) is 91.5 cm³/mol. The molecule has 3 rings (SSSR count). The Balaban J connectivity index is 1.61. The van der Waals surface area contributed by atoms with Crippen LogP contribution in [0.3, 0.4) is 0 Å². The summed E-state index contributed by atoms with van der Waals surface area (Å²) in [5.74, 6) is -1.49. The summed E-state index contributed by atoms with van der Waals surface area (Å²) in [6.07, 6.45) is 0. The zero-order valence-electron chi connectivity index (χ0n) is 11.9. The van der Waals surface area contributed by atoms with Gasteiger partial charge in [0.2, 0.25) is 0 Å². The van der Waals surface area contributed by atoms with Gasteiger partial charge in [-0.1, -0.05) is 53.3 Å². The first kappa shape index (κ1) is 15.5. The smallest absolute Gasteiger partial charge is 0.315 e. The van der Waals surface area contributed by atoms with E-state index in [4.69, 9.17) is 11.6 Å². The highest BCUT2D eigenvalue weighted by molar-refractivity contribution is 7.22. The molecule has 0 aliphatic carbocycles. The van der Waals surface area contributed by atoms with Gasteiger partial charge in [-0.05, 0) is 23.8 Å². The minimum Gasteiger partial charge on any atom is -0.344 e. The van der Waals surface area contributed by atoms with Gasteiger partial charge in [-0.3, -0.25) is 14.9 Å². The highest BCUT2D eigenvalue weighted by atomic mass is 35.5. The number of carbonyl (C=O) groups is 2. The summed E-state index contributed by atoms with van der Waals surface area (Å²) in [4.78, 5) is 28.0. The van der Waals surface area contributed by atoms with Crippen molar-refractivity contribution in [2.45, 2.75) is 6.54 Å². The summed E-state index contributed by atoms with van der Waals surface area (Å²) in [5, 5.41) is 5.97.